The van der Waals surface area contributed by atoms with Gasteiger partial charge in [-0.1, -0.05) is 55.8 Å². The molecule has 0 aliphatic rings. The van der Waals surface area contributed by atoms with Crippen molar-refractivity contribution in [2.24, 2.45) is 5.92 Å². The lowest BCUT2D eigenvalue weighted by Crippen LogP contribution is -2.47. The van der Waals surface area contributed by atoms with Gasteiger partial charge in [0.25, 0.3) is 5.91 Å². The van der Waals surface area contributed by atoms with E-state index in [-0.39, 0.29) is 17.7 Å². The molecule has 0 aliphatic carbocycles. The minimum atomic E-state index is -0.716. The second kappa shape index (κ2) is 9.30. The molecule has 1 heterocycles. The molecule has 1 unspecified atom stereocenters. The van der Waals surface area contributed by atoms with Crippen LogP contribution in [0, 0.1) is 5.92 Å². The molecule has 0 saturated heterocycles. The van der Waals surface area contributed by atoms with Crippen LogP contribution < -0.4 is 10.6 Å². The first-order valence-electron chi connectivity index (χ1n) is 9.19. The highest BCUT2D eigenvalue weighted by atomic mass is 35.5. The number of aromatic nitrogens is 2. The molecule has 2 N–H and O–H groups in total. The van der Waals surface area contributed by atoms with Gasteiger partial charge in [-0.05, 0) is 30.2 Å². The fraction of sp³-hybridized carbons (Fsp3) is 0.182. The molecule has 148 valence electrons. The highest BCUT2D eigenvalue weighted by molar-refractivity contribution is 6.30. The zero-order valence-electron chi connectivity index (χ0n) is 16.1. The topological polar surface area (TPSA) is 84.0 Å². The van der Waals surface area contributed by atoms with Crippen LogP contribution in [0.1, 0.15) is 24.2 Å². The van der Waals surface area contributed by atoms with E-state index in [4.69, 9.17) is 11.6 Å². The van der Waals surface area contributed by atoms with Crippen LogP contribution in [0.15, 0.2) is 67.0 Å². The molecule has 7 heteroatoms. The monoisotopic (exact) mass is 408 g/mol. The van der Waals surface area contributed by atoms with E-state index >= 15 is 0 Å². The van der Waals surface area contributed by atoms with E-state index < -0.39 is 6.04 Å². The molecule has 0 bridgehead atoms. The molecule has 0 spiro atoms. The maximum absolute atomic E-state index is 12.7. The van der Waals surface area contributed by atoms with Crippen molar-refractivity contribution in [2.75, 3.05) is 5.32 Å². The Balaban J connectivity index is 1.68. The van der Waals surface area contributed by atoms with Crippen molar-refractivity contribution in [1.29, 1.82) is 0 Å². The number of benzene rings is 2. The number of carbonyl (C=O) groups excluding carboxylic acids is 2. The predicted molar refractivity (Wildman–Crippen MR) is 114 cm³/mol. The third kappa shape index (κ3) is 5.39. The number of amides is 2. The number of hydrogen-bond donors (Lipinski definition) is 2. The number of anilines is 1. The third-order valence-electron chi connectivity index (χ3n) is 4.29. The second-order valence-electron chi connectivity index (χ2n) is 6.85. The maximum Gasteiger partial charge on any atom is 0.251 e. The molecular weight excluding hydrogens is 388 g/mol. The van der Waals surface area contributed by atoms with Crippen molar-refractivity contribution in [2.45, 2.75) is 19.9 Å². The van der Waals surface area contributed by atoms with Gasteiger partial charge in [0.05, 0.1) is 18.1 Å². The van der Waals surface area contributed by atoms with Crippen LogP contribution in [0.5, 0.6) is 0 Å². The number of hydrogen-bond acceptors (Lipinski definition) is 4. The van der Waals surface area contributed by atoms with Crippen molar-refractivity contribution in [3.63, 3.8) is 0 Å². The van der Waals surface area contributed by atoms with E-state index in [0.717, 1.165) is 5.56 Å². The normalized spacial score (nSPS) is 11.7. The van der Waals surface area contributed by atoms with Crippen LogP contribution in [0.2, 0.25) is 5.02 Å². The van der Waals surface area contributed by atoms with Crippen LogP contribution in [0.3, 0.4) is 0 Å². The zero-order valence-corrected chi connectivity index (χ0v) is 16.9. The van der Waals surface area contributed by atoms with E-state index in [1.807, 2.05) is 44.2 Å². The number of rotatable bonds is 6. The van der Waals surface area contributed by atoms with E-state index in [1.54, 1.807) is 36.7 Å². The molecule has 0 radical (unpaired) electrons. The lowest BCUT2D eigenvalue weighted by molar-refractivity contribution is -0.118. The van der Waals surface area contributed by atoms with Gasteiger partial charge < -0.3 is 10.6 Å². The Morgan fingerprint density at radius 2 is 1.55 bits per heavy atom. The fourth-order valence-electron chi connectivity index (χ4n) is 2.71. The van der Waals surface area contributed by atoms with Crippen molar-refractivity contribution in [3.8, 4) is 11.4 Å². The van der Waals surface area contributed by atoms with Crippen molar-refractivity contribution < 1.29 is 9.59 Å². The van der Waals surface area contributed by atoms with Crippen molar-refractivity contribution in [1.82, 2.24) is 15.3 Å². The lowest BCUT2D eigenvalue weighted by atomic mass is 10.0. The summed E-state index contributed by atoms with van der Waals surface area (Å²) in [4.78, 5) is 33.8. The Morgan fingerprint density at radius 3 is 2.14 bits per heavy atom. The van der Waals surface area contributed by atoms with Gasteiger partial charge in [-0.15, -0.1) is 0 Å². The van der Waals surface area contributed by atoms with Gasteiger partial charge >= 0.3 is 0 Å². The Morgan fingerprint density at radius 1 is 0.931 bits per heavy atom. The standard InChI is InChI=1S/C22H21ClN4O2/c1-14(2)19(27-21(28)16-8-10-17(23)11-9-16)22(29)26-18-12-24-20(25-13-18)15-6-4-3-5-7-15/h3-14,19H,1-2H3,(H,26,29)(H,27,28). The molecule has 2 amide bonds. The van der Waals surface area contributed by atoms with Crippen LogP contribution >= 0.6 is 11.6 Å². The minimum Gasteiger partial charge on any atom is -0.340 e. The lowest BCUT2D eigenvalue weighted by Gasteiger charge is -2.21. The highest BCUT2D eigenvalue weighted by Gasteiger charge is 2.25. The first-order chi connectivity index (χ1) is 13.9. The fourth-order valence-corrected chi connectivity index (χ4v) is 2.84. The molecular formula is C22H21ClN4O2. The number of carbonyl (C=O) groups is 2. The van der Waals surface area contributed by atoms with Gasteiger partial charge in [-0.2, -0.15) is 0 Å². The molecule has 0 saturated carbocycles. The van der Waals surface area contributed by atoms with Gasteiger partial charge in [0.2, 0.25) is 5.91 Å². The van der Waals surface area contributed by atoms with E-state index in [9.17, 15) is 9.59 Å². The summed E-state index contributed by atoms with van der Waals surface area (Å²) in [5, 5.41) is 6.08. The largest absolute Gasteiger partial charge is 0.340 e. The van der Waals surface area contributed by atoms with E-state index in [2.05, 4.69) is 20.6 Å². The predicted octanol–water partition coefficient (Wildman–Crippen LogP) is 4.19. The summed E-state index contributed by atoms with van der Waals surface area (Å²) in [5.41, 5.74) is 1.78. The summed E-state index contributed by atoms with van der Waals surface area (Å²) in [5.74, 6) is -0.222. The molecule has 0 aliphatic heterocycles. The number of nitrogens with zero attached hydrogens (tertiary/aromatic N) is 2. The maximum atomic E-state index is 12.7. The molecule has 3 aromatic rings. The summed E-state index contributed by atoms with van der Waals surface area (Å²) in [7, 11) is 0. The van der Waals surface area contributed by atoms with Crippen LogP contribution in [-0.2, 0) is 4.79 Å². The molecule has 2 aromatic carbocycles. The van der Waals surface area contributed by atoms with Gasteiger partial charge in [-0.3, -0.25) is 9.59 Å². The number of nitrogens with one attached hydrogen (secondary N) is 2. The van der Waals surface area contributed by atoms with Crippen molar-refractivity contribution >= 4 is 29.1 Å². The molecule has 1 aromatic heterocycles. The SMILES string of the molecule is CC(C)C(NC(=O)c1ccc(Cl)cc1)C(=O)Nc1cnc(-c2ccccc2)nc1. The third-order valence-corrected chi connectivity index (χ3v) is 4.55. The molecule has 0 fully saturated rings. The van der Waals surface area contributed by atoms with Gasteiger partial charge in [0.1, 0.15) is 6.04 Å². The zero-order chi connectivity index (χ0) is 20.8. The first kappa shape index (κ1) is 20.5. The van der Waals surface area contributed by atoms with Gasteiger partial charge in [0, 0.05) is 16.1 Å². The van der Waals surface area contributed by atoms with Crippen LogP contribution in [-0.4, -0.2) is 27.8 Å². The van der Waals surface area contributed by atoms with E-state index in [0.29, 0.717) is 22.1 Å². The average Bonchev–Trinajstić information content (AvgIpc) is 2.73. The Labute approximate surface area is 174 Å². The second-order valence-corrected chi connectivity index (χ2v) is 7.29. The summed E-state index contributed by atoms with van der Waals surface area (Å²) in [6.45, 7) is 3.72. The minimum absolute atomic E-state index is 0.115. The molecule has 29 heavy (non-hydrogen) atoms. The molecule has 3 rings (SSSR count). The summed E-state index contributed by atoms with van der Waals surface area (Å²) >= 11 is 5.86. The summed E-state index contributed by atoms with van der Waals surface area (Å²) in [6.07, 6.45) is 3.09. The van der Waals surface area contributed by atoms with Crippen LogP contribution in [0.25, 0.3) is 11.4 Å². The van der Waals surface area contributed by atoms with Gasteiger partial charge in [0.15, 0.2) is 5.82 Å². The smallest absolute Gasteiger partial charge is 0.251 e. The Bertz CT molecular complexity index is 974. The Hall–Kier alpha value is -3.25. The van der Waals surface area contributed by atoms with Crippen LogP contribution in [0.4, 0.5) is 5.69 Å². The van der Waals surface area contributed by atoms with Gasteiger partial charge in [-0.25, -0.2) is 9.97 Å². The summed E-state index contributed by atoms with van der Waals surface area (Å²) in [6, 6.07) is 15.3. The van der Waals surface area contributed by atoms with Crippen molar-refractivity contribution in [3.05, 3.63) is 77.6 Å². The highest BCUT2D eigenvalue weighted by Crippen LogP contribution is 2.16. The quantitative estimate of drug-likeness (QED) is 0.640. The Kier molecular flexibility index (Phi) is 6.57. The molecule has 6 nitrogen and oxygen atoms in total. The number of halogens is 1. The first-order valence-corrected chi connectivity index (χ1v) is 9.56. The molecule has 1 atom stereocenters. The van der Waals surface area contributed by atoms with E-state index in [1.165, 1.54) is 0 Å². The average molecular weight is 409 g/mol. The summed E-state index contributed by atoms with van der Waals surface area (Å²) < 4.78 is 0.